The number of amides is 2. The van der Waals surface area contributed by atoms with Crippen LogP contribution in [0.4, 0.5) is 5.69 Å². The molecule has 23 heavy (non-hydrogen) atoms. The molecule has 1 fully saturated rings. The number of anilines is 1. The number of benzene rings is 1. The number of hydrogen-bond donors (Lipinski definition) is 2. The second-order valence-corrected chi connectivity index (χ2v) is 8.01. The molecule has 1 saturated carbocycles. The van der Waals surface area contributed by atoms with Crippen molar-refractivity contribution in [3.05, 3.63) is 28.2 Å². The molecule has 1 aliphatic carbocycles. The number of halogens is 2. The fourth-order valence-electron chi connectivity index (χ4n) is 3.48. The highest BCUT2D eigenvalue weighted by Crippen LogP contribution is 2.38. The molecule has 2 rings (SSSR count). The SMILES string of the molecule is C[C@@H]1C[C@H](NC(=O)C(=O)Nc2ccc(Cl)cc2Cl)CC(C)(C)C1. The van der Waals surface area contributed by atoms with Crippen molar-refractivity contribution in [1.82, 2.24) is 5.32 Å². The van der Waals surface area contributed by atoms with Crippen molar-refractivity contribution in [3.8, 4) is 0 Å². The van der Waals surface area contributed by atoms with Crippen molar-refractivity contribution < 1.29 is 9.59 Å². The summed E-state index contributed by atoms with van der Waals surface area (Å²) in [5.74, 6) is -0.825. The zero-order chi connectivity index (χ0) is 17.2. The van der Waals surface area contributed by atoms with Gasteiger partial charge in [-0.15, -0.1) is 0 Å². The third-order valence-corrected chi connectivity index (χ3v) is 4.66. The van der Waals surface area contributed by atoms with Gasteiger partial charge in [-0.3, -0.25) is 9.59 Å². The lowest BCUT2D eigenvalue weighted by Gasteiger charge is -2.39. The van der Waals surface area contributed by atoms with Gasteiger partial charge < -0.3 is 10.6 Å². The topological polar surface area (TPSA) is 58.2 Å². The van der Waals surface area contributed by atoms with Crippen LogP contribution in [-0.2, 0) is 9.59 Å². The Hall–Kier alpha value is -1.26. The molecule has 0 saturated heterocycles. The maximum atomic E-state index is 12.1. The highest BCUT2D eigenvalue weighted by atomic mass is 35.5. The van der Waals surface area contributed by atoms with Gasteiger partial charge in [0.15, 0.2) is 0 Å². The number of rotatable bonds is 2. The van der Waals surface area contributed by atoms with Gasteiger partial charge in [-0.2, -0.15) is 0 Å². The Morgan fingerprint density at radius 1 is 1.17 bits per heavy atom. The molecule has 1 aromatic carbocycles. The molecule has 1 aliphatic rings. The largest absolute Gasteiger partial charge is 0.345 e. The van der Waals surface area contributed by atoms with Crippen LogP contribution >= 0.6 is 23.2 Å². The van der Waals surface area contributed by atoms with Crippen LogP contribution in [0.2, 0.25) is 10.0 Å². The minimum absolute atomic E-state index is 0.0210. The molecule has 2 N–H and O–H groups in total. The minimum atomic E-state index is -0.717. The van der Waals surface area contributed by atoms with Crippen molar-refractivity contribution in [1.29, 1.82) is 0 Å². The van der Waals surface area contributed by atoms with Gasteiger partial charge in [0.1, 0.15) is 0 Å². The van der Waals surface area contributed by atoms with Crippen molar-refractivity contribution in [2.24, 2.45) is 11.3 Å². The Labute approximate surface area is 146 Å². The molecule has 0 radical (unpaired) electrons. The summed E-state index contributed by atoms with van der Waals surface area (Å²) in [7, 11) is 0. The fraction of sp³-hybridized carbons (Fsp3) is 0.529. The van der Waals surface area contributed by atoms with E-state index < -0.39 is 11.8 Å². The van der Waals surface area contributed by atoms with E-state index >= 15 is 0 Å². The van der Waals surface area contributed by atoms with Gasteiger partial charge >= 0.3 is 11.8 Å². The quantitative estimate of drug-likeness (QED) is 0.777. The first-order chi connectivity index (χ1) is 10.7. The van der Waals surface area contributed by atoms with Crippen molar-refractivity contribution >= 4 is 40.7 Å². The van der Waals surface area contributed by atoms with E-state index in [1.807, 2.05) is 0 Å². The van der Waals surface area contributed by atoms with Crippen molar-refractivity contribution in [3.63, 3.8) is 0 Å². The van der Waals surface area contributed by atoms with Gasteiger partial charge in [0, 0.05) is 11.1 Å². The van der Waals surface area contributed by atoms with Gasteiger partial charge in [-0.05, 0) is 48.8 Å². The molecule has 0 spiro atoms. The van der Waals surface area contributed by atoms with Gasteiger partial charge in [-0.1, -0.05) is 44.0 Å². The predicted molar refractivity (Wildman–Crippen MR) is 93.8 cm³/mol. The van der Waals surface area contributed by atoms with Crippen LogP contribution in [0, 0.1) is 11.3 Å². The first-order valence-electron chi connectivity index (χ1n) is 7.73. The van der Waals surface area contributed by atoms with Crippen LogP contribution in [0.5, 0.6) is 0 Å². The third kappa shape index (κ3) is 5.11. The molecule has 0 unspecified atom stereocenters. The first kappa shape index (κ1) is 18.1. The van der Waals surface area contributed by atoms with E-state index in [0.29, 0.717) is 21.7 Å². The van der Waals surface area contributed by atoms with Gasteiger partial charge in [0.25, 0.3) is 0 Å². The molecule has 126 valence electrons. The lowest BCUT2D eigenvalue weighted by atomic mass is 9.70. The van der Waals surface area contributed by atoms with E-state index in [4.69, 9.17) is 23.2 Å². The van der Waals surface area contributed by atoms with E-state index in [9.17, 15) is 9.59 Å². The molecule has 6 heteroatoms. The summed E-state index contributed by atoms with van der Waals surface area (Å²) in [6, 6.07) is 4.71. The maximum Gasteiger partial charge on any atom is 0.313 e. The third-order valence-electron chi connectivity index (χ3n) is 4.11. The molecule has 0 bridgehead atoms. The van der Waals surface area contributed by atoms with Crippen LogP contribution < -0.4 is 10.6 Å². The maximum absolute atomic E-state index is 12.1. The van der Waals surface area contributed by atoms with E-state index in [1.54, 1.807) is 12.1 Å². The predicted octanol–water partition coefficient (Wildman–Crippen LogP) is 4.26. The average Bonchev–Trinajstić information content (AvgIpc) is 2.39. The van der Waals surface area contributed by atoms with Crippen LogP contribution in [0.15, 0.2) is 18.2 Å². The summed E-state index contributed by atoms with van der Waals surface area (Å²) < 4.78 is 0. The highest BCUT2D eigenvalue weighted by Gasteiger charge is 2.33. The highest BCUT2D eigenvalue weighted by molar-refractivity contribution is 6.42. The van der Waals surface area contributed by atoms with Crippen molar-refractivity contribution in [2.45, 2.75) is 46.1 Å². The number of carbonyl (C=O) groups excluding carboxylic acids is 2. The Bertz CT molecular complexity index is 617. The molecular weight excluding hydrogens is 335 g/mol. The summed E-state index contributed by atoms with van der Waals surface area (Å²) in [6.45, 7) is 6.55. The normalized spacial score (nSPS) is 23.2. The lowest BCUT2D eigenvalue weighted by Crippen LogP contribution is -2.46. The summed E-state index contributed by atoms with van der Waals surface area (Å²) in [6.07, 6.45) is 2.90. The number of nitrogens with one attached hydrogen (secondary N) is 2. The summed E-state index contributed by atoms with van der Waals surface area (Å²) in [5, 5.41) is 6.12. The monoisotopic (exact) mass is 356 g/mol. The Balaban J connectivity index is 1.96. The van der Waals surface area contributed by atoms with E-state index in [1.165, 1.54) is 6.07 Å². The zero-order valence-electron chi connectivity index (χ0n) is 13.6. The molecule has 0 aromatic heterocycles. The molecular formula is C17H22Cl2N2O2. The van der Waals surface area contributed by atoms with Gasteiger partial charge in [0.05, 0.1) is 10.7 Å². The Morgan fingerprint density at radius 2 is 1.87 bits per heavy atom. The van der Waals surface area contributed by atoms with Crippen LogP contribution in [0.25, 0.3) is 0 Å². The second kappa shape index (κ2) is 7.10. The Kier molecular flexibility index (Phi) is 5.58. The molecule has 2 amide bonds. The van der Waals surface area contributed by atoms with Crippen LogP contribution in [-0.4, -0.2) is 17.9 Å². The van der Waals surface area contributed by atoms with E-state index in [2.05, 4.69) is 31.4 Å². The molecule has 1 aromatic rings. The molecule has 2 atom stereocenters. The number of hydrogen-bond acceptors (Lipinski definition) is 2. The summed E-state index contributed by atoms with van der Waals surface area (Å²) in [4.78, 5) is 24.2. The fourth-order valence-corrected chi connectivity index (χ4v) is 3.93. The van der Waals surface area contributed by atoms with E-state index in [-0.39, 0.29) is 11.5 Å². The van der Waals surface area contributed by atoms with Crippen molar-refractivity contribution in [2.75, 3.05) is 5.32 Å². The minimum Gasteiger partial charge on any atom is -0.345 e. The van der Waals surface area contributed by atoms with Gasteiger partial charge in [0.2, 0.25) is 0 Å². The molecule has 0 heterocycles. The smallest absolute Gasteiger partial charge is 0.313 e. The van der Waals surface area contributed by atoms with Crippen LogP contribution in [0.3, 0.4) is 0 Å². The standard InChI is InChI=1S/C17H22Cl2N2O2/c1-10-6-12(9-17(2,3)8-10)20-15(22)16(23)21-14-5-4-11(18)7-13(14)19/h4-5,7,10,12H,6,8-9H2,1-3H3,(H,20,22)(H,21,23)/t10-,12+/m1/s1. The summed E-state index contributed by atoms with van der Waals surface area (Å²) >= 11 is 11.8. The van der Waals surface area contributed by atoms with E-state index in [0.717, 1.165) is 19.3 Å². The first-order valence-corrected chi connectivity index (χ1v) is 8.49. The molecule has 4 nitrogen and oxygen atoms in total. The zero-order valence-corrected chi connectivity index (χ0v) is 15.1. The van der Waals surface area contributed by atoms with Crippen LogP contribution in [0.1, 0.15) is 40.0 Å². The molecule has 0 aliphatic heterocycles. The average molecular weight is 357 g/mol. The lowest BCUT2D eigenvalue weighted by molar-refractivity contribution is -0.137. The van der Waals surface area contributed by atoms with Gasteiger partial charge in [-0.25, -0.2) is 0 Å². The second-order valence-electron chi connectivity index (χ2n) is 7.16. The summed E-state index contributed by atoms with van der Waals surface area (Å²) in [5.41, 5.74) is 0.541. The number of carbonyl (C=O) groups is 2. The Morgan fingerprint density at radius 3 is 2.48 bits per heavy atom.